The van der Waals surface area contributed by atoms with Crippen molar-refractivity contribution >= 4 is 27.5 Å². The molecule has 1 atom stereocenters. The maximum Gasteiger partial charge on any atom is 0.253 e. The summed E-state index contributed by atoms with van der Waals surface area (Å²) in [6.07, 6.45) is 1.52. The summed E-state index contributed by atoms with van der Waals surface area (Å²) in [5.74, 6) is 0.201. The van der Waals surface area contributed by atoms with Gasteiger partial charge < -0.3 is 10.1 Å². The summed E-state index contributed by atoms with van der Waals surface area (Å²) in [7, 11) is 0. The molecular weight excluding hydrogens is 308 g/mol. The largest absolute Gasteiger partial charge is 0.411 e. The zero-order chi connectivity index (χ0) is 13.8. The van der Waals surface area contributed by atoms with Gasteiger partial charge >= 0.3 is 0 Å². The molecule has 0 spiro atoms. The van der Waals surface area contributed by atoms with Gasteiger partial charge in [0.2, 0.25) is 0 Å². The van der Waals surface area contributed by atoms with E-state index in [1.54, 1.807) is 0 Å². The predicted molar refractivity (Wildman–Crippen MR) is 77.7 cm³/mol. The highest BCUT2D eigenvalue weighted by atomic mass is 79.9. The van der Waals surface area contributed by atoms with E-state index >= 15 is 0 Å². The molecule has 1 aromatic rings. The smallest absolute Gasteiger partial charge is 0.253 e. The fourth-order valence-corrected chi connectivity index (χ4v) is 2.80. The van der Waals surface area contributed by atoms with Gasteiger partial charge in [-0.1, -0.05) is 34.1 Å². The van der Waals surface area contributed by atoms with Crippen molar-refractivity contribution in [2.75, 3.05) is 13.1 Å². The van der Waals surface area contributed by atoms with Gasteiger partial charge in [0.25, 0.3) is 5.91 Å². The average molecular weight is 325 g/mol. The van der Waals surface area contributed by atoms with Crippen molar-refractivity contribution < 1.29 is 10.0 Å². The molecule has 2 rings (SSSR count). The molecule has 1 amide bonds. The minimum absolute atomic E-state index is 0.0386. The molecule has 1 N–H and O–H groups in total. The van der Waals surface area contributed by atoms with Crippen LogP contribution in [0.2, 0.25) is 0 Å². The molecule has 0 aliphatic carbocycles. The van der Waals surface area contributed by atoms with E-state index in [0.29, 0.717) is 25.1 Å². The van der Waals surface area contributed by atoms with E-state index in [0.717, 1.165) is 16.6 Å². The van der Waals surface area contributed by atoms with Crippen LogP contribution in [0.25, 0.3) is 0 Å². The lowest BCUT2D eigenvalue weighted by Crippen LogP contribution is -2.44. The number of amides is 1. The molecule has 102 valence electrons. The molecule has 1 fully saturated rings. The number of carbonyl (C=O) groups is 1. The van der Waals surface area contributed by atoms with E-state index < -0.39 is 0 Å². The van der Waals surface area contributed by atoms with Crippen LogP contribution >= 0.6 is 15.9 Å². The average Bonchev–Trinajstić information content (AvgIpc) is 2.45. The lowest BCUT2D eigenvalue weighted by atomic mass is 9.93. The SMILES string of the molecule is CCC1CN(C(=O)c2cccc(Br)c2)CC/C1=N\O. The first-order valence-electron chi connectivity index (χ1n) is 6.41. The summed E-state index contributed by atoms with van der Waals surface area (Å²) in [6, 6.07) is 7.42. The quantitative estimate of drug-likeness (QED) is 0.671. The van der Waals surface area contributed by atoms with Crippen molar-refractivity contribution in [1.82, 2.24) is 4.90 Å². The second-order valence-corrected chi connectivity index (χ2v) is 5.62. The third-order valence-corrected chi connectivity index (χ3v) is 4.02. The van der Waals surface area contributed by atoms with Crippen LogP contribution in [0.1, 0.15) is 30.1 Å². The summed E-state index contributed by atoms with van der Waals surface area (Å²) >= 11 is 3.38. The van der Waals surface area contributed by atoms with Crippen molar-refractivity contribution in [3.63, 3.8) is 0 Å². The Morgan fingerprint density at radius 2 is 2.37 bits per heavy atom. The van der Waals surface area contributed by atoms with Gasteiger partial charge in [-0.25, -0.2) is 0 Å². The van der Waals surface area contributed by atoms with E-state index in [9.17, 15) is 4.79 Å². The highest BCUT2D eigenvalue weighted by molar-refractivity contribution is 9.10. The van der Waals surface area contributed by atoms with Crippen LogP contribution in [0, 0.1) is 5.92 Å². The first kappa shape index (κ1) is 14.1. The number of hydrogen-bond donors (Lipinski definition) is 1. The number of rotatable bonds is 2. The van der Waals surface area contributed by atoms with Gasteiger partial charge in [0.1, 0.15) is 0 Å². The second-order valence-electron chi connectivity index (χ2n) is 4.71. The van der Waals surface area contributed by atoms with E-state index in [2.05, 4.69) is 21.1 Å². The number of carbonyl (C=O) groups excluding carboxylic acids is 1. The van der Waals surface area contributed by atoms with E-state index in [4.69, 9.17) is 5.21 Å². The van der Waals surface area contributed by atoms with Gasteiger partial charge in [0.15, 0.2) is 0 Å². The Morgan fingerprint density at radius 3 is 3.00 bits per heavy atom. The van der Waals surface area contributed by atoms with Gasteiger partial charge in [-0.15, -0.1) is 0 Å². The second kappa shape index (κ2) is 6.19. The summed E-state index contributed by atoms with van der Waals surface area (Å²) in [4.78, 5) is 14.2. The molecule has 0 saturated carbocycles. The zero-order valence-corrected chi connectivity index (χ0v) is 12.4. The van der Waals surface area contributed by atoms with Crippen LogP contribution in [-0.2, 0) is 0 Å². The minimum Gasteiger partial charge on any atom is -0.411 e. The summed E-state index contributed by atoms with van der Waals surface area (Å²) in [5, 5.41) is 12.3. The monoisotopic (exact) mass is 324 g/mol. The molecule has 4 nitrogen and oxygen atoms in total. The van der Waals surface area contributed by atoms with Crippen molar-refractivity contribution in [2.24, 2.45) is 11.1 Å². The molecule has 0 radical (unpaired) electrons. The molecule has 5 heteroatoms. The molecular formula is C14H17BrN2O2. The molecule has 0 aromatic heterocycles. The number of nitrogens with zero attached hydrogens (tertiary/aromatic N) is 2. The predicted octanol–water partition coefficient (Wildman–Crippen LogP) is 3.15. The van der Waals surface area contributed by atoms with Crippen molar-refractivity contribution in [1.29, 1.82) is 0 Å². The Labute approximate surface area is 121 Å². The normalized spacial score (nSPS) is 21.7. The minimum atomic E-state index is 0.0386. The van der Waals surface area contributed by atoms with Gasteiger partial charge in [-0.05, 0) is 24.6 Å². The maximum atomic E-state index is 12.4. The number of hydrogen-bond acceptors (Lipinski definition) is 3. The topological polar surface area (TPSA) is 52.9 Å². The standard InChI is InChI=1S/C14H17BrN2O2/c1-2-10-9-17(7-6-13(10)16-19)14(18)11-4-3-5-12(15)8-11/h3-5,8,10,19H,2,6-7,9H2,1H3/b16-13+. The maximum absolute atomic E-state index is 12.4. The summed E-state index contributed by atoms with van der Waals surface area (Å²) in [6.45, 7) is 3.28. The number of piperidine rings is 1. The molecule has 1 saturated heterocycles. The molecule has 1 aliphatic rings. The zero-order valence-electron chi connectivity index (χ0n) is 10.8. The molecule has 1 unspecified atom stereocenters. The van der Waals surface area contributed by atoms with Gasteiger partial charge in [-0.3, -0.25) is 4.79 Å². The molecule has 1 heterocycles. The van der Waals surface area contributed by atoms with Crippen LogP contribution in [0.3, 0.4) is 0 Å². The Morgan fingerprint density at radius 1 is 1.58 bits per heavy atom. The number of likely N-dealkylation sites (tertiary alicyclic amines) is 1. The van der Waals surface area contributed by atoms with E-state index in [-0.39, 0.29) is 11.8 Å². The highest BCUT2D eigenvalue weighted by Gasteiger charge is 2.28. The van der Waals surface area contributed by atoms with Crippen LogP contribution in [-0.4, -0.2) is 34.8 Å². The molecule has 0 bridgehead atoms. The lowest BCUT2D eigenvalue weighted by molar-refractivity contribution is 0.0729. The summed E-state index contributed by atoms with van der Waals surface area (Å²) in [5.41, 5.74) is 1.49. The Bertz CT molecular complexity index is 502. The van der Waals surface area contributed by atoms with Gasteiger partial charge in [0, 0.05) is 35.5 Å². The van der Waals surface area contributed by atoms with E-state index in [1.807, 2.05) is 36.1 Å². The first-order valence-corrected chi connectivity index (χ1v) is 7.20. The number of benzene rings is 1. The van der Waals surface area contributed by atoms with Crippen LogP contribution in [0.15, 0.2) is 33.9 Å². The van der Waals surface area contributed by atoms with Gasteiger partial charge in [0.05, 0.1) is 5.71 Å². The first-order chi connectivity index (χ1) is 9.15. The van der Waals surface area contributed by atoms with Crippen molar-refractivity contribution in [2.45, 2.75) is 19.8 Å². The number of halogens is 1. The molecule has 19 heavy (non-hydrogen) atoms. The Kier molecular flexibility index (Phi) is 4.58. The number of oxime groups is 1. The fraction of sp³-hybridized carbons (Fsp3) is 0.429. The summed E-state index contributed by atoms with van der Waals surface area (Å²) < 4.78 is 0.903. The molecule has 1 aliphatic heterocycles. The van der Waals surface area contributed by atoms with Crippen LogP contribution < -0.4 is 0 Å². The Hall–Kier alpha value is -1.36. The van der Waals surface area contributed by atoms with E-state index in [1.165, 1.54) is 0 Å². The third-order valence-electron chi connectivity index (χ3n) is 3.53. The third kappa shape index (κ3) is 3.15. The van der Waals surface area contributed by atoms with Crippen molar-refractivity contribution in [3.8, 4) is 0 Å². The Balaban J connectivity index is 2.13. The lowest BCUT2D eigenvalue weighted by Gasteiger charge is -2.32. The van der Waals surface area contributed by atoms with Gasteiger partial charge in [-0.2, -0.15) is 0 Å². The van der Waals surface area contributed by atoms with Crippen molar-refractivity contribution in [3.05, 3.63) is 34.3 Å². The molecule has 1 aromatic carbocycles. The highest BCUT2D eigenvalue weighted by Crippen LogP contribution is 2.20. The van der Waals surface area contributed by atoms with Crippen LogP contribution in [0.4, 0.5) is 0 Å². The van der Waals surface area contributed by atoms with Crippen LogP contribution in [0.5, 0.6) is 0 Å². The fourth-order valence-electron chi connectivity index (χ4n) is 2.40.